The number of thiophene rings is 1. The topological polar surface area (TPSA) is 77.4 Å². The van der Waals surface area contributed by atoms with Crippen molar-refractivity contribution in [3.05, 3.63) is 116 Å². The Kier molecular flexibility index (Phi) is 5.49. The molecule has 9 heteroatoms. The van der Waals surface area contributed by atoms with E-state index >= 15 is 0 Å². The first-order valence-corrected chi connectivity index (χ1v) is 12.7. The zero-order valence-electron chi connectivity index (χ0n) is 20.6. The molecule has 2 aromatic carbocycles. The van der Waals surface area contributed by atoms with Crippen molar-refractivity contribution in [3.8, 4) is 16.3 Å². The molecule has 1 aliphatic heterocycles. The maximum absolute atomic E-state index is 13.7. The summed E-state index contributed by atoms with van der Waals surface area (Å²) in [6.45, 7) is 2.03. The van der Waals surface area contributed by atoms with Gasteiger partial charge in [0, 0.05) is 31.5 Å². The molecule has 37 heavy (non-hydrogen) atoms. The molecule has 1 aliphatic rings. The molecular weight excluding hydrogens is 484 g/mol. The minimum Gasteiger partial charge on any atom is -0.320 e. The Morgan fingerprint density at radius 1 is 0.865 bits per heavy atom. The van der Waals surface area contributed by atoms with Crippen molar-refractivity contribution in [2.45, 2.75) is 13.0 Å². The van der Waals surface area contributed by atoms with E-state index < -0.39 is 11.7 Å². The van der Waals surface area contributed by atoms with Crippen LogP contribution in [-0.2, 0) is 14.1 Å². The molecule has 184 valence electrons. The van der Waals surface area contributed by atoms with Gasteiger partial charge in [-0.2, -0.15) is 5.10 Å². The van der Waals surface area contributed by atoms with Gasteiger partial charge in [0.2, 0.25) is 0 Å². The summed E-state index contributed by atoms with van der Waals surface area (Å²) in [4.78, 5) is 34.0. The van der Waals surface area contributed by atoms with Gasteiger partial charge < -0.3 is 4.90 Å². The zero-order chi connectivity index (χ0) is 25.7. The Morgan fingerprint density at radius 2 is 1.62 bits per heavy atom. The Morgan fingerprint density at radius 3 is 2.32 bits per heavy atom. The maximum Gasteiger partial charge on any atom is 0.332 e. The van der Waals surface area contributed by atoms with Gasteiger partial charge in [-0.1, -0.05) is 42.0 Å². The summed E-state index contributed by atoms with van der Waals surface area (Å²) in [6, 6.07) is 21.4. The minimum atomic E-state index is -0.560. The molecule has 0 radical (unpaired) electrons. The van der Waals surface area contributed by atoms with Gasteiger partial charge in [0.15, 0.2) is 0 Å². The fraction of sp³-hybridized carbons (Fsp3) is 0.143. The molecule has 1 unspecified atom stereocenters. The Labute approximate surface area is 217 Å². The summed E-state index contributed by atoms with van der Waals surface area (Å²) in [6.07, 6.45) is 3.68. The average Bonchev–Trinajstić information content (AvgIpc) is 3.61. The number of benzene rings is 2. The van der Waals surface area contributed by atoms with E-state index in [4.69, 9.17) is 5.10 Å². The first-order valence-electron chi connectivity index (χ1n) is 11.8. The van der Waals surface area contributed by atoms with Gasteiger partial charge in [-0.25, -0.2) is 14.5 Å². The van der Waals surface area contributed by atoms with Crippen molar-refractivity contribution in [1.82, 2.24) is 18.9 Å². The SMILES string of the molecule is Cc1ccc(N2C=Nc3c(c(=O)n(C)c(=O)n3C)C2c2cn(-c3ccccc3)nc2-c2cccs2)cc1. The second-order valence-corrected chi connectivity index (χ2v) is 9.97. The molecule has 1 atom stereocenters. The lowest BCUT2D eigenvalue weighted by Gasteiger charge is -2.34. The molecule has 3 aromatic heterocycles. The molecule has 0 bridgehead atoms. The number of para-hydroxylation sites is 1. The van der Waals surface area contributed by atoms with Crippen LogP contribution in [0.1, 0.15) is 22.7 Å². The van der Waals surface area contributed by atoms with E-state index in [1.165, 1.54) is 11.6 Å². The molecule has 6 rings (SSSR count). The van der Waals surface area contributed by atoms with Crippen LogP contribution in [0.15, 0.2) is 92.9 Å². The van der Waals surface area contributed by atoms with Gasteiger partial charge in [0.1, 0.15) is 11.5 Å². The van der Waals surface area contributed by atoms with Crippen LogP contribution in [0.5, 0.6) is 0 Å². The van der Waals surface area contributed by atoms with Crippen LogP contribution in [-0.4, -0.2) is 25.3 Å². The number of aromatic nitrogens is 4. The molecule has 0 saturated carbocycles. The summed E-state index contributed by atoms with van der Waals surface area (Å²) in [5.41, 5.74) is 4.18. The fourth-order valence-corrected chi connectivity index (χ4v) is 5.45. The smallest absolute Gasteiger partial charge is 0.320 e. The van der Waals surface area contributed by atoms with E-state index in [-0.39, 0.29) is 5.56 Å². The third kappa shape index (κ3) is 3.75. The number of aryl methyl sites for hydroxylation is 1. The van der Waals surface area contributed by atoms with E-state index in [9.17, 15) is 9.59 Å². The predicted molar refractivity (Wildman–Crippen MR) is 147 cm³/mol. The van der Waals surface area contributed by atoms with Gasteiger partial charge in [-0.15, -0.1) is 11.3 Å². The van der Waals surface area contributed by atoms with E-state index in [0.717, 1.165) is 37.6 Å². The van der Waals surface area contributed by atoms with E-state index in [2.05, 4.69) is 4.99 Å². The van der Waals surface area contributed by atoms with E-state index in [1.807, 2.05) is 94.8 Å². The average molecular weight is 509 g/mol. The summed E-state index contributed by atoms with van der Waals surface area (Å²) in [7, 11) is 3.15. The van der Waals surface area contributed by atoms with Gasteiger partial charge in [-0.05, 0) is 42.6 Å². The summed E-state index contributed by atoms with van der Waals surface area (Å²) in [5.74, 6) is 0.353. The van der Waals surface area contributed by atoms with Crippen molar-refractivity contribution >= 4 is 29.2 Å². The lowest BCUT2D eigenvalue weighted by atomic mass is 9.96. The Balaban J connectivity index is 1.67. The highest BCUT2D eigenvalue weighted by Crippen LogP contribution is 2.42. The standard InChI is InChI=1S/C28H24N6O2S/c1-18-11-13-19(14-12-18)33-17-29-26-23(27(35)32(3)28(36)31(26)2)25(33)21-16-34(20-8-5-4-6-9-20)30-24(21)22-10-7-15-37-22/h4-17,25H,1-3H3. The van der Waals surface area contributed by atoms with Crippen molar-refractivity contribution < 1.29 is 0 Å². The molecule has 5 aromatic rings. The van der Waals surface area contributed by atoms with E-state index in [1.54, 1.807) is 24.7 Å². The van der Waals surface area contributed by atoms with Crippen molar-refractivity contribution in [2.24, 2.45) is 19.1 Å². The van der Waals surface area contributed by atoms with Crippen LogP contribution in [0.2, 0.25) is 0 Å². The number of nitrogens with zero attached hydrogens (tertiary/aromatic N) is 6. The molecule has 8 nitrogen and oxygen atoms in total. The molecule has 0 fully saturated rings. The molecule has 0 aliphatic carbocycles. The third-order valence-corrected chi connectivity index (χ3v) is 7.54. The second-order valence-electron chi connectivity index (χ2n) is 9.02. The lowest BCUT2D eigenvalue weighted by Crippen LogP contribution is -2.44. The highest BCUT2D eigenvalue weighted by Gasteiger charge is 2.36. The van der Waals surface area contributed by atoms with E-state index in [0.29, 0.717) is 11.4 Å². The Bertz CT molecular complexity index is 1750. The van der Waals surface area contributed by atoms with Gasteiger partial charge in [0.25, 0.3) is 5.56 Å². The van der Waals surface area contributed by atoms with Crippen LogP contribution in [0, 0.1) is 6.92 Å². The first-order chi connectivity index (χ1) is 17.9. The van der Waals surface area contributed by atoms with Gasteiger partial charge in [-0.3, -0.25) is 13.9 Å². The highest BCUT2D eigenvalue weighted by atomic mass is 32.1. The zero-order valence-corrected chi connectivity index (χ0v) is 21.4. The van der Waals surface area contributed by atoms with Gasteiger partial charge in [0.05, 0.1) is 28.5 Å². The van der Waals surface area contributed by atoms with Crippen LogP contribution >= 0.6 is 11.3 Å². The quantitative estimate of drug-likeness (QED) is 0.356. The second kappa shape index (κ2) is 8.86. The molecular formula is C28H24N6O2S. The minimum absolute atomic E-state index is 0.353. The molecule has 0 N–H and O–H groups in total. The number of hydrogen-bond acceptors (Lipinski definition) is 6. The summed E-state index contributed by atoms with van der Waals surface area (Å²) < 4.78 is 4.42. The monoisotopic (exact) mass is 508 g/mol. The highest BCUT2D eigenvalue weighted by molar-refractivity contribution is 7.13. The van der Waals surface area contributed by atoms with Crippen LogP contribution in [0.3, 0.4) is 0 Å². The number of hydrogen-bond donors (Lipinski definition) is 0. The fourth-order valence-electron chi connectivity index (χ4n) is 4.72. The number of anilines is 1. The van der Waals surface area contributed by atoms with Crippen LogP contribution in [0.4, 0.5) is 11.5 Å². The predicted octanol–water partition coefficient (Wildman–Crippen LogP) is 4.58. The molecule has 0 amide bonds. The number of aliphatic imine (C=N–C) groups is 1. The number of fused-ring (bicyclic) bond motifs is 1. The summed E-state index contributed by atoms with van der Waals surface area (Å²) >= 11 is 1.59. The normalized spacial score (nSPS) is 14.7. The third-order valence-electron chi connectivity index (χ3n) is 6.67. The largest absolute Gasteiger partial charge is 0.332 e. The lowest BCUT2D eigenvalue weighted by molar-refractivity contribution is 0.651. The van der Waals surface area contributed by atoms with Crippen molar-refractivity contribution in [1.29, 1.82) is 0 Å². The van der Waals surface area contributed by atoms with Crippen LogP contribution < -0.4 is 16.1 Å². The Hall–Kier alpha value is -4.50. The molecule has 0 spiro atoms. The number of rotatable bonds is 4. The van der Waals surface area contributed by atoms with Gasteiger partial charge >= 0.3 is 5.69 Å². The molecule has 0 saturated heterocycles. The van der Waals surface area contributed by atoms with Crippen molar-refractivity contribution in [2.75, 3.05) is 4.90 Å². The summed E-state index contributed by atoms with van der Waals surface area (Å²) in [5, 5.41) is 7.00. The van der Waals surface area contributed by atoms with Crippen molar-refractivity contribution in [3.63, 3.8) is 0 Å². The van der Waals surface area contributed by atoms with Crippen LogP contribution in [0.25, 0.3) is 16.3 Å². The molecule has 4 heterocycles. The maximum atomic E-state index is 13.7. The first kappa shape index (κ1) is 22.9.